The highest BCUT2D eigenvalue weighted by Gasteiger charge is 2.39. The molecule has 0 aliphatic carbocycles. The second kappa shape index (κ2) is 13.1. The van der Waals surface area contributed by atoms with Gasteiger partial charge in [0.1, 0.15) is 9.24 Å². The molecule has 0 saturated carbocycles. The molecule has 4 rings (SSSR count). The van der Waals surface area contributed by atoms with Gasteiger partial charge >= 0.3 is 0 Å². The highest BCUT2D eigenvalue weighted by atomic mass is 127. The van der Waals surface area contributed by atoms with Gasteiger partial charge in [0.2, 0.25) is 0 Å². The number of amidine groups is 1. The number of carbonyl (C=O) groups excluding carboxylic acids is 1. The summed E-state index contributed by atoms with van der Waals surface area (Å²) in [6, 6.07) is 19.7. The fraction of sp³-hybridized carbons (Fsp3) is 0.323. The monoisotopic (exact) mass is 634 g/mol. The highest BCUT2D eigenvalue weighted by Crippen LogP contribution is 2.33. The average molecular weight is 635 g/mol. The second-order valence-corrected chi connectivity index (χ2v) is 12.1. The summed E-state index contributed by atoms with van der Waals surface area (Å²) < 4.78 is -0.410. The fourth-order valence-corrected chi connectivity index (χ4v) is 5.71. The lowest BCUT2D eigenvalue weighted by atomic mass is 9.98. The van der Waals surface area contributed by atoms with E-state index in [0.29, 0.717) is 25.3 Å². The van der Waals surface area contributed by atoms with E-state index >= 15 is 0 Å². The molecule has 0 spiro atoms. The molecule has 0 bridgehead atoms. The minimum absolute atomic E-state index is 0.0877. The van der Waals surface area contributed by atoms with E-state index in [0.717, 1.165) is 29.8 Å². The van der Waals surface area contributed by atoms with Gasteiger partial charge in [0.05, 0.1) is 17.9 Å². The number of hydrogen-bond acceptors (Lipinski definition) is 5. The third-order valence-corrected chi connectivity index (χ3v) is 7.88. The van der Waals surface area contributed by atoms with E-state index in [9.17, 15) is 4.79 Å². The zero-order chi connectivity index (χ0) is 27.8. The standard InChI is InChI=1S/C31H35IN6O/c1-4-23(20-24-10-7-6-8-11-24)21-35-29(33)28(5-2)38-19-18-37(22-31(38,3)32)30(39)27-13-9-12-26(36-27)25-14-16-34-17-15-25/h5-17,21,23,33H,4,18-20,22H2,1-3H3. The van der Waals surface area contributed by atoms with Crippen LogP contribution in [0.5, 0.6) is 0 Å². The van der Waals surface area contributed by atoms with Crippen LogP contribution in [0.2, 0.25) is 0 Å². The number of aliphatic imine (C=N–C) groups is 1. The largest absolute Gasteiger partial charge is 0.351 e. The van der Waals surface area contributed by atoms with Gasteiger partial charge in [-0.05, 0) is 62.4 Å². The van der Waals surface area contributed by atoms with Crippen LogP contribution in [0.1, 0.15) is 43.2 Å². The van der Waals surface area contributed by atoms with Crippen LogP contribution in [0.4, 0.5) is 0 Å². The third kappa shape index (κ3) is 7.17. The molecule has 1 aromatic carbocycles. The maximum Gasteiger partial charge on any atom is 0.272 e. The van der Waals surface area contributed by atoms with Gasteiger partial charge < -0.3 is 9.80 Å². The molecule has 2 aromatic heterocycles. The number of benzene rings is 1. The van der Waals surface area contributed by atoms with E-state index in [2.05, 4.69) is 80.6 Å². The Morgan fingerprint density at radius 3 is 2.54 bits per heavy atom. The lowest BCUT2D eigenvalue weighted by Crippen LogP contribution is -2.58. The Labute approximate surface area is 244 Å². The number of alkyl halides is 1. The lowest BCUT2D eigenvalue weighted by molar-refractivity contribution is 0.0565. The summed E-state index contributed by atoms with van der Waals surface area (Å²) in [6.07, 6.45) is 9.17. The van der Waals surface area contributed by atoms with Gasteiger partial charge in [-0.3, -0.25) is 15.2 Å². The normalized spacial score (nSPS) is 18.8. The first kappa shape index (κ1) is 28.6. The van der Waals surface area contributed by atoms with E-state index in [-0.39, 0.29) is 17.7 Å². The van der Waals surface area contributed by atoms with Crippen molar-refractivity contribution in [3.8, 4) is 11.3 Å². The number of rotatable bonds is 8. The van der Waals surface area contributed by atoms with Crippen molar-refractivity contribution in [2.45, 2.75) is 37.2 Å². The van der Waals surface area contributed by atoms with E-state index in [1.54, 1.807) is 18.5 Å². The van der Waals surface area contributed by atoms with Crippen LogP contribution in [0, 0.1) is 11.3 Å². The first-order chi connectivity index (χ1) is 18.8. The van der Waals surface area contributed by atoms with Crippen molar-refractivity contribution in [3.63, 3.8) is 0 Å². The van der Waals surface area contributed by atoms with Gasteiger partial charge in [0.25, 0.3) is 5.91 Å². The van der Waals surface area contributed by atoms with Crippen molar-refractivity contribution < 1.29 is 4.79 Å². The van der Waals surface area contributed by atoms with Crippen molar-refractivity contribution in [2.24, 2.45) is 10.9 Å². The van der Waals surface area contributed by atoms with Gasteiger partial charge in [0.15, 0.2) is 5.84 Å². The Kier molecular flexibility index (Phi) is 9.61. The molecule has 8 heteroatoms. The number of hydrogen-bond donors (Lipinski definition) is 1. The molecule has 39 heavy (non-hydrogen) atoms. The Bertz CT molecular complexity index is 1340. The fourth-order valence-electron chi connectivity index (χ4n) is 4.80. The Morgan fingerprint density at radius 1 is 1.13 bits per heavy atom. The lowest BCUT2D eigenvalue weighted by Gasteiger charge is -2.47. The van der Waals surface area contributed by atoms with E-state index < -0.39 is 3.55 Å². The van der Waals surface area contributed by atoms with Gasteiger partial charge in [-0.2, -0.15) is 0 Å². The summed E-state index contributed by atoms with van der Waals surface area (Å²) in [4.78, 5) is 30.8. The van der Waals surface area contributed by atoms with Crippen LogP contribution in [-0.2, 0) is 6.42 Å². The van der Waals surface area contributed by atoms with Crippen LogP contribution < -0.4 is 0 Å². The van der Waals surface area contributed by atoms with Gasteiger partial charge in [-0.25, -0.2) is 9.98 Å². The number of amides is 1. The van der Waals surface area contributed by atoms with Crippen LogP contribution >= 0.6 is 22.6 Å². The number of nitrogens with zero attached hydrogens (tertiary/aromatic N) is 5. The first-order valence-corrected chi connectivity index (χ1v) is 14.4. The van der Waals surface area contributed by atoms with Crippen molar-refractivity contribution in [1.82, 2.24) is 19.8 Å². The topological polar surface area (TPSA) is 85.5 Å². The van der Waals surface area contributed by atoms with Crippen LogP contribution in [0.15, 0.2) is 89.8 Å². The van der Waals surface area contributed by atoms with E-state index in [1.165, 1.54) is 5.56 Å². The van der Waals surface area contributed by atoms with Gasteiger partial charge in [-0.1, -0.05) is 72.0 Å². The number of carbonyl (C=O) groups is 1. The average Bonchev–Trinajstić information content (AvgIpc) is 2.96. The molecule has 2 unspecified atom stereocenters. The number of pyridine rings is 2. The minimum atomic E-state index is -0.410. The molecule has 3 heterocycles. The van der Waals surface area contributed by atoms with Crippen molar-refractivity contribution >= 4 is 40.5 Å². The van der Waals surface area contributed by atoms with E-state index in [1.807, 2.05) is 54.4 Å². The first-order valence-electron chi connectivity index (χ1n) is 13.3. The minimum Gasteiger partial charge on any atom is -0.351 e. The third-order valence-electron chi connectivity index (χ3n) is 6.95. The maximum atomic E-state index is 13.5. The summed E-state index contributed by atoms with van der Waals surface area (Å²) in [7, 11) is 0. The van der Waals surface area contributed by atoms with Crippen molar-refractivity contribution in [2.75, 3.05) is 19.6 Å². The molecule has 0 radical (unpaired) electrons. The molecule has 3 aromatic rings. The van der Waals surface area contributed by atoms with Crippen LogP contribution in [0.3, 0.4) is 0 Å². The van der Waals surface area contributed by atoms with Crippen molar-refractivity contribution in [1.29, 1.82) is 5.41 Å². The summed E-state index contributed by atoms with van der Waals surface area (Å²) in [5, 5.41) is 8.78. The number of allylic oxidation sites excluding steroid dienone is 1. The zero-order valence-electron chi connectivity index (χ0n) is 22.7. The molecule has 1 N–H and O–H groups in total. The highest BCUT2D eigenvalue weighted by molar-refractivity contribution is 14.1. The number of piperazine rings is 1. The Morgan fingerprint density at radius 2 is 1.87 bits per heavy atom. The molecular formula is C31H35IN6O. The molecule has 7 nitrogen and oxygen atoms in total. The smallest absolute Gasteiger partial charge is 0.272 e. The molecule has 1 saturated heterocycles. The quantitative estimate of drug-likeness (QED) is 0.104. The molecule has 2 atom stereocenters. The predicted octanol–water partition coefficient (Wildman–Crippen LogP) is 6.27. The SMILES string of the molecule is CC=C(C(=N)N=CC(CC)Cc1ccccc1)N1CCN(C(=O)c2cccc(-c3ccncc3)n2)CC1(C)I. The summed E-state index contributed by atoms with van der Waals surface area (Å²) >= 11 is 2.39. The number of aromatic nitrogens is 2. The molecule has 1 aliphatic heterocycles. The Hall–Kier alpha value is -3.40. The second-order valence-electron chi connectivity index (χ2n) is 9.82. The summed E-state index contributed by atoms with van der Waals surface area (Å²) in [5.74, 6) is 0.426. The molecule has 1 amide bonds. The van der Waals surface area contributed by atoms with Gasteiger partial charge in [0, 0.05) is 37.3 Å². The number of nitrogens with one attached hydrogen (secondary N) is 1. The van der Waals surface area contributed by atoms with Crippen LogP contribution in [0.25, 0.3) is 11.3 Å². The van der Waals surface area contributed by atoms with E-state index in [4.69, 9.17) is 5.41 Å². The maximum absolute atomic E-state index is 13.5. The van der Waals surface area contributed by atoms with Gasteiger partial charge in [-0.15, -0.1) is 0 Å². The molecular weight excluding hydrogens is 599 g/mol. The molecule has 1 fully saturated rings. The summed E-state index contributed by atoms with van der Waals surface area (Å²) in [5.41, 5.74) is 4.16. The Balaban J connectivity index is 1.43. The zero-order valence-corrected chi connectivity index (χ0v) is 24.9. The molecule has 1 aliphatic rings. The summed E-state index contributed by atoms with van der Waals surface area (Å²) in [6.45, 7) is 7.84. The predicted molar refractivity (Wildman–Crippen MR) is 166 cm³/mol. The number of halogens is 1. The van der Waals surface area contributed by atoms with Crippen LogP contribution in [-0.4, -0.2) is 60.9 Å². The van der Waals surface area contributed by atoms with Crippen molar-refractivity contribution in [3.05, 3.63) is 96.1 Å². The molecule has 202 valence electrons.